The Morgan fingerprint density at radius 2 is 1.63 bits per heavy atom. The van der Waals surface area contributed by atoms with Gasteiger partial charge < -0.3 is 14.6 Å². The first-order chi connectivity index (χ1) is 13.2. The molecule has 0 atom stereocenters. The van der Waals surface area contributed by atoms with Crippen LogP contribution in [-0.4, -0.2) is 10.5 Å². The minimum atomic E-state index is -0.101. The lowest BCUT2D eigenvalue weighted by Crippen LogP contribution is -2.26. The summed E-state index contributed by atoms with van der Waals surface area (Å²) in [7, 11) is 0. The zero-order valence-corrected chi connectivity index (χ0v) is 15.0. The van der Waals surface area contributed by atoms with Gasteiger partial charge in [-0.1, -0.05) is 48.5 Å². The number of benzene rings is 2. The molecular formula is C22H22N2O3. The molecule has 0 saturated heterocycles. The van der Waals surface area contributed by atoms with Crippen molar-refractivity contribution < 1.29 is 9.53 Å². The summed E-state index contributed by atoms with van der Waals surface area (Å²) in [6, 6.07) is 22.6. The molecule has 0 fully saturated rings. The minimum Gasteiger partial charge on any atom is -0.489 e. The highest BCUT2D eigenvalue weighted by molar-refractivity contribution is 5.75. The molecule has 0 saturated carbocycles. The average Bonchev–Trinajstić information content (AvgIpc) is 2.71. The second kappa shape index (κ2) is 9.38. The zero-order valence-electron chi connectivity index (χ0n) is 15.0. The summed E-state index contributed by atoms with van der Waals surface area (Å²) in [4.78, 5) is 23.6. The van der Waals surface area contributed by atoms with E-state index in [2.05, 4.69) is 5.32 Å². The second-order valence-corrected chi connectivity index (χ2v) is 6.18. The summed E-state index contributed by atoms with van der Waals surface area (Å²) in [6.45, 7) is 1.34. The number of nitrogens with one attached hydrogen (secondary N) is 1. The lowest BCUT2D eigenvalue weighted by molar-refractivity contribution is -0.121. The van der Waals surface area contributed by atoms with Gasteiger partial charge in [-0.3, -0.25) is 9.59 Å². The van der Waals surface area contributed by atoms with Crippen molar-refractivity contribution in [1.29, 1.82) is 0 Å². The van der Waals surface area contributed by atoms with Gasteiger partial charge in [-0.15, -0.1) is 0 Å². The fraction of sp³-hybridized carbons (Fsp3) is 0.182. The average molecular weight is 362 g/mol. The van der Waals surface area contributed by atoms with Crippen molar-refractivity contribution in [2.45, 2.75) is 26.1 Å². The Hall–Kier alpha value is -3.34. The molecule has 0 aliphatic carbocycles. The molecule has 3 rings (SSSR count). The molecule has 1 amide bonds. The van der Waals surface area contributed by atoms with E-state index in [9.17, 15) is 9.59 Å². The highest BCUT2D eigenvalue weighted by Crippen LogP contribution is 2.14. The largest absolute Gasteiger partial charge is 0.489 e. The smallest absolute Gasteiger partial charge is 0.250 e. The number of rotatable bonds is 8. The second-order valence-electron chi connectivity index (χ2n) is 6.18. The van der Waals surface area contributed by atoms with Crippen molar-refractivity contribution in [3.63, 3.8) is 0 Å². The van der Waals surface area contributed by atoms with Crippen LogP contribution < -0.4 is 15.6 Å². The van der Waals surface area contributed by atoms with Gasteiger partial charge in [0.15, 0.2) is 0 Å². The third kappa shape index (κ3) is 5.85. The van der Waals surface area contributed by atoms with E-state index < -0.39 is 0 Å². The molecule has 5 nitrogen and oxygen atoms in total. The Morgan fingerprint density at radius 3 is 2.37 bits per heavy atom. The number of aryl methyl sites for hydroxylation is 1. The van der Waals surface area contributed by atoms with Crippen LogP contribution in [0.4, 0.5) is 0 Å². The molecule has 0 aliphatic heterocycles. The molecule has 27 heavy (non-hydrogen) atoms. The van der Waals surface area contributed by atoms with E-state index in [1.165, 1.54) is 10.6 Å². The summed E-state index contributed by atoms with van der Waals surface area (Å²) in [6.07, 6.45) is 1.95. The van der Waals surface area contributed by atoms with E-state index in [-0.39, 0.29) is 17.9 Å². The predicted octanol–water partition coefficient (Wildman–Crippen LogP) is 3.13. The highest BCUT2D eigenvalue weighted by atomic mass is 16.5. The Kier molecular flexibility index (Phi) is 6.41. The highest BCUT2D eigenvalue weighted by Gasteiger charge is 2.03. The molecule has 5 heteroatoms. The Balaban J connectivity index is 1.42. The van der Waals surface area contributed by atoms with E-state index in [0.29, 0.717) is 19.7 Å². The first kappa shape index (κ1) is 18.5. The Labute approximate surface area is 158 Å². The molecule has 0 unspecified atom stereocenters. The number of carbonyl (C=O) groups is 1. The topological polar surface area (TPSA) is 60.3 Å². The summed E-state index contributed by atoms with van der Waals surface area (Å²) in [5.74, 6) is 0.701. The summed E-state index contributed by atoms with van der Waals surface area (Å²) in [5.41, 5.74) is 2.01. The van der Waals surface area contributed by atoms with Crippen molar-refractivity contribution in [3.8, 4) is 5.75 Å². The monoisotopic (exact) mass is 362 g/mol. The number of carbonyl (C=O) groups excluding carboxylic acids is 1. The Morgan fingerprint density at radius 1 is 0.889 bits per heavy atom. The molecule has 0 aliphatic rings. The number of pyridine rings is 1. The van der Waals surface area contributed by atoms with Gasteiger partial charge in [-0.05, 0) is 29.3 Å². The quantitative estimate of drug-likeness (QED) is 0.670. The summed E-state index contributed by atoms with van der Waals surface area (Å²) >= 11 is 0. The molecule has 138 valence electrons. The van der Waals surface area contributed by atoms with Gasteiger partial charge in [-0.2, -0.15) is 0 Å². The van der Waals surface area contributed by atoms with E-state index >= 15 is 0 Å². The molecule has 3 aromatic rings. The van der Waals surface area contributed by atoms with E-state index in [1.807, 2.05) is 54.6 Å². The molecule has 1 heterocycles. The summed E-state index contributed by atoms with van der Waals surface area (Å²) in [5, 5.41) is 2.87. The molecule has 2 aromatic carbocycles. The number of hydrogen-bond donors (Lipinski definition) is 1. The molecule has 0 radical (unpaired) electrons. The lowest BCUT2D eigenvalue weighted by Gasteiger charge is -2.09. The van der Waals surface area contributed by atoms with Crippen LogP contribution in [0.1, 0.15) is 17.5 Å². The molecule has 1 aromatic heterocycles. The molecular weight excluding hydrogens is 340 g/mol. The minimum absolute atomic E-state index is 0.0878. The van der Waals surface area contributed by atoms with Crippen LogP contribution in [0.5, 0.6) is 5.75 Å². The number of ether oxygens (including phenoxy) is 1. The lowest BCUT2D eigenvalue weighted by atomic mass is 10.2. The van der Waals surface area contributed by atoms with Crippen LogP contribution in [0, 0.1) is 0 Å². The van der Waals surface area contributed by atoms with Crippen molar-refractivity contribution >= 4 is 5.91 Å². The van der Waals surface area contributed by atoms with Crippen LogP contribution in [-0.2, 0) is 24.5 Å². The third-order valence-corrected chi connectivity index (χ3v) is 4.14. The van der Waals surface area contributed by atoms with Gasteiger partial charge in [0.25, 0.3) is 5.56 Å². The van der Waals surface area contributed by atoms with Crippen LogP contribution in [0.15, 0.2) is 83.8 Å². The van der Waals surface area contributed by atoms with Gasteiger partial charge in [0.2, 0.25) is 5.91 Å². The van der Waals surface area contributed by atoms with Gasteiger partial charge in [0.05, 0.1) is 0 Å². The zero-order chi connectivity index (χ0) is 18.9. The third-order valence-electron chi connectivity index (χ3n) is 4.14. The number of amides is 1. The van der Waals surface area contributed by atoms with Crippen LogP contribution in [0.2, 0.25) is 0 Å². The van der Waals surface area contributed by atoms with Crippen molar-refractivity contribution in [2.24, 2.45) is 0 Å². The van der Waals surface area contributed by atoms with Gasteiger partial charge in [0, 0.05) is 31.8 Å². The van der Waals surface area contributed by atoms with Crippen molar-refractivity contribution in [1.82, 2.24) is 9.88 Å². The van der Waals surface area contributed by atoms with E-state index in [1.54, 1.807) is 18.3 Å². The number of nitrogens with zero attached hydrogens (tertiary/aromatic N) is 1. The number of aromatic nitrogens is 1. The maximum Gasteiger partial charge on any atom is 0.250 e. The molecule has 0 spiro atoms. The molecule has 1 N–H and O–H groups in total. The summed E-state index contributed by atoms with van der Waals surface area (Å²) < 4.78 is 7.28. The van der Waals surface area contributed by atoms with Crippen LogP contribution in [0.25, 0.3) is 0 Å². The van der Waals surface area contributed by atoms with Crippen LogP contribution >= 0.6 is 0 Å². The number of hydrogen-bond acceptors (Lipinski definition) is 3. The van der Waals surface area contributed by atoms with E-state index in [0.717, 1.165) is 16.9 Å². The SMILES string of the molecule is O=C(CCn1ccccc1=O)NCc1ccc(OCc2ccccc2)cc1. The van der Waals surface area contributed by atoms with Crippen molar-refractivity contribution in [2.75, 3.05) is 0 Å². The van der Waals surface area contributed by atoms with Crippen molar-refractivity contribution in [3.05, 3.63) is 100 Å². The fourth-order valence-corrected chi connectivity index (χ4v) is 2.60. The van der Waals surface area contributed by atoms with Gasteiger partial charge >= 0.3 is 0 Å². The van der Waals surface area contributed by atoms with Gasteiger partial charge in [-0.25, -0.2) is 0 Å². The standard InChI is InChI=1S/C22H22N2O3/c25-21(13-15-24-14-5-4-8-22(24)26)23-16-18-9-11-20(12-10-18)27-17-19-6-2-1-3-7-19/h1-12,14H,13,15-17H2,(H,23,25). The maximum absolute atomic E-state index is 12.0. The maximum atomic E-state index is 12.0. The molecule has 0 bridgehead atoms. The van der Waals surface area contributed by atoms with Crippen LogP contribution in [0.3, 0.4) is 0 Å². The first-order valence-corrected chi connectivity index (χ1v) is 8.88. The Bertz CT molecular complexity index is 918. The first-order valence-electron chi connectivity index (χ1n) is 8.88. The normalized spacial score (nSPS) is 10.4. The fourth-order valence-electron chi connectivity index (χ4n) is 2.60. The predicted molar refractivity (Wildman–Crippen MR) is 104 cm³/mol. The van der Waals surface area contributed by atoms with Gasteiger partial charge in [0.1, 0.15) is 12.4 Å². The van der Waals surface area contributed by atoms with E-state index in [4.69, 9.17) is 4.74 Å².